The van der Waals surface area contributed by atoms with Crippen LogP contribution < -0.4 is 9.64 Å². The quantitative estimate of drug-likeness (QED) is 0.309. The molecule has 1 amide bonds. The number of Topliss-reactive ketones (excluding diaryl/α,β-unsaturated/α-hetero) is 1. The molecule has 0 spiro atoms. The Morgan fingerprint density at radius 1 is 1.09 bits per heavy atom. The number of ketones is 1. The van der Waals surface area contributed by atoms with E-state index in [1.54, 1.807) is 66.9 Å². The molecule has 3 aromatic rings. The molecule has 1 saturated heterocycles. The minimum absolute atomic E-state index is 0.000127. The van der Waals surface area contributed by atoms with Gasteiger partial charge in [0.25, 0.3) is 11.7 Å². The van der Waals surface area contributed by atoms with Crippen molar-refractivity contribution >= 4 is 34.7 Å². The molecule has 1 atom stereocenters. The summed E-state index contributed by atoms with van der Waals surface area (Å²) in [5, 5.41) is 11.6. The van der Waals surface area contributed by atoms with Crippen molar-refractivity contribution in [3.8, 4) is 5.75 Å². The van der Waals surface area contributed by atoms with E-state index in [0.717, 1.165) is 5.56 Å². The molecule has 2 aromatic carbocycles. The first-order valence-corrected chi connectivity index (χ1v) is 10.9. The van der Waals surface area contributed by atoms with Gasteiger partial charge in [0, 0.05) is 22.5 Å². The second-order valence-electron chi connectivity index (χ2n) is 8.05. The summed E-state index contributed by atoms with van der Waals surface area (Å²) in [7, 11) is 0. The summed E-state index contributed by atoms with van der Waals surface area (Å²) < 4.78 is 5.65. The number of ether oxygens (including phenoxy) is 1. The van der Waals surface area contributed by atoms with Crippen LogP contribution in [0.3, 0.4) is 0 Å². The van der Waals surface area contributed by atoms with E-state index in [1.807, 2.05) is 20.8 Å². The van der Waals surface area contributed by atoms with Crippen LogP contribution in [0.4, 0.5) is 5.69 Å². The number of hydrogen-bond acceptors (Lipinski definition) is 5. The molecule has 33 heavy (non-hydrogen) atoms. The van der Waals surface area contributed by atoms with Gasteiger partial charge in [-0.15, -0.1) is 0 Å². The first-order chi connectivity index (χ1) is 15.8. The first-order valence-electron chi connectivity index (χ1n) is 10.5. The summed E-state index contributed by atoms with van der Waals surface area (Å²) in [5.74, 6) is -1.18. The molecule has 4 rings (SSSR count). The molecule has 0 bridgehead atoms. The van der Waals surface area contributed by atoms with Crippen LogP contribution >= 0.6 is 11.6 Å². The molecule has 1 N–H and O–H groups in total. The zero-order valence-electron chi connectivity index (χ0n) is 18.4. The summed E-state index contributed by atoms with van der Waals surface area (Å²) >= 11 is 6.21. The SMILES string of the molecule is Cc1ccc(Cl)cc1N1C(=O)C(=O)/C(=C(/O)c2ccc(OC(C)C)cc2)C1c1ccccn1. The van der Waals surface area contributed by atoms with Crippen LogP contribution in [0.2, 0.25) is 5.02 Å². The van der Waals surface area contributed by atoms with Gasteiger partial charge in [-0.2, -0.15) is 0 Å². The Labute approximate surface area is 197 Å². The predicted octanol–water partition coefficient (Wildman–Crippen LogP) is 5.46. The Morgan fingerprint density at radius 3 is 2.45 bits per heavy atom. The lowest BCUT2D eigenvalue weighted by atomic mass is 9.98. The number of benzene rings is 2. The topological polar surface area (TPSA) is 79.7 Å². The van der Waals surface area contributed by atoms with Crippen LogP contribution in [0, 0.1) is 6.92 Å². The summed E-state index contributed by atoms with van der Waals surface area (Å²) in [4.78, 5) is 32.2. The molecule has 1 aromatic heterocycles. The highest BCUT2D eigenvalue weighted by Crippen LogP contribution is 2.43. The van der Waals surface area contributed by atoms with Gasteiger partial charge in [-0.25, -0.2) is 0 Å². The van der Waals surface area contributed by atoms with E-state index in [0.29, 0.717) is 27.7 Å². The third kappa shape index (κ3) is 4.34. The van der Waals surface area contributed by atoms with Crippen LogP contribution in [0.1, 0.15) is 36.7 Å². The van der Waals surface area contributed by atoms with Crippen molar-refractivity contribution in [2.75, 3.05) is 4.90 Å². The normalized spacial score (nSPS) is 17.6. The molecule has 0 radical (unpaired) electrons. The molecular formula is C26H23ClN2O4. The Kier molecular flexibility index (Phi) is 6.20. The van der Waals surface area contributed by atoms with E-state index in [-0.39, 0.29) is 17.4 Å². The van der Waals surface area contributed by atoms with Crippen molar-refractivity contribution in [1.82, 2.24) is 4.98 Å². The van der Waals surface area contributed by atoms with Crippen molar-refractivity contribution in [3.05, 3.63) is 94.3 Å². The van der Waals surface area contributed by atoms with Crippen molar-refractivity contribution in [2.24, 2.45) is 0 Å². The average Bonchev–Trinajstić information content (AvgIpc) is 3.06. The first kappa shape index (κ1) is 22.6. The molecule has 0 saturated carbocycles. The summed E-state index contributed by atoms with van der Waals surface area (Å²) in [6.07, 6.45) is 1.58. The van der Waals surface area contributed by atoms with Gasteiger partial charge >= 0.3 is 0 Å². The lowest BCUT2D eigenvalue weighted by Crippen LogP contribution is -2.30. The third-order valence-corrected chi connectivity index (χ3v) is 5.58. The van der Waals surface area contributed by atoms with Gasteiger partial charge in [0.2, 0.25) is 0 Å². The molecular weight excluding hydrogens is 440 g/mol. The van der Waals surface area contributed by atoms with Gasteiger partial charge in [0.05, 0.1) is 17.4 Å². The number of hydrogen-bond donors (Lipinski definition) is 1. The lowest BCUT2D eigenvalue weighted by molar-refractivity contribution is -0.132. The van der Waals surface area contributed by atoms with Gasteiger partial charge in [0.15, 0.2) is 0 Å². The van der Waals surface area contributed by atoms with Crippen molar-refractivity contribution in [3.63, 3.8) is 0 Å². The number of pyridine rings is 1. The number of amides is 1. The zero-order valence-corrected chi connectivity index (χ0v) is 19.2. The predicted molar refractivity (Wildman–Crippen MR) is 127 cm³/mol. The van der Waals surface area contributed by atoms with E-state index in [4.69, 9.17) is 16.3 Å². The minimum Gasteiger partial charge on any atom is -0.507 e. The number of aliphatic hydroxyl groups is 1. The number of aryl methyl sites for hydroxylation is 1. The Bertz CT molecular complexity index is 1240. The summed E-state index contributed by atoms with van der Waals surface area (Å²) in [6, 6.07) is 16.2. The highest BCUT2D eigenvalue weighted by atomic mass is 35.5. The third-order valence-electron chi connectivity index (χ3n) is 5.34. The number of rotatable bonds is 5. The van der Waals surface area contributed by atoms with Crippen molar-refractivity contribution in [1.29, 1.82) is 0 Å². The molecule has 1 aliphatic heterocycles. The van der Waals surface area contributed by atoms with E-state index < -0.39 is 17.7 Å². The zero-order chi connectivity index (χ0) is 23.7. The second kappa shape index (κ2) is 9.08. The smallest absolute Gasteiger partial charge is 0.300 e. The number of carbonyl (C=O) groups is 2. The van der Waals surface area contributed by atoms with Crippen molar-refractivity contribution < 1.29 is 19.4 Å². The van der Waals surface area contributed by atoms with Gasteiger partial charge < -0.3 is 9.84 Å². The Balaban J connectivity index is 1.88. The van der Waals surface area contributed by atoms with Crippen molar-refractivity contribution in [2.45, 2.75) is 32.9 Å². The minimum atomic E-state index is -0.907. The standard InChI is InChI=1S/C26H23ClN2O4/c1-15(2)33-19-11-8-17(9-12-19)24(30)22-23(20-6-4-5-13-28-20)29(26(32)25(22)31)21-14-18(27)10-7-16(21)3/h4-15,23,30H,1-3H3/b24-22+. The molecule has 0 aliphatic carbocycles. The van der Waals surface area contributed by atoms with Crippen LogP contribution in [-0.4, -0.2) is 27.9 Å². The second-order valence-corrected chi connectivity index (χ2v) is 8.48. The molecule has 168 valence electrons. The van der Waals surface area contributed by atoms with Crippen LogP contribution in [0.5, 0.6) is 5.75 Å². The number of aliphatic hydroxyl groups excluding tert-OH is 1. The molecule has 7 heteroatoms. The number of anilines is 1. The fraction of sp³-hybridized carbons (Fsp3) is 0.192. The molecule has 6 nitrogen and oxygen atoms in total. The summed E-state index contributed by atoms with van der Waals surface area (Å²) in [5.41, 5.74) is 2.07. The monoisotopic (exact) mass is 462 g/mol. The Morgan fingerprint density at radius 2 is 1.82 bits per heavy atom. The van der Waals surface area contributed by atoms with Gasteiger partial charge in [-0.1, -0.05) is 23.7 Å². The van der Waals surface area contributed by atoms with E-state index in [1.165, 1.54) is 4.90 Å². The maximum atomic E-state index is 13.2. The molecule has 1 fully saturated rings. The van der Waals surface area contributed by atoms with Crippen LogP contribution in [0.25, 0.3) is 5.76 Å². The fourth-order valence-electron chi connectivity index (χ4n) is 3.86. The van der Waals surface area contributed by atoms with Crippen LogP contribution in [-0.2, 0) is 9.59 Å². The van der Waals surface area contributed by atoms with Gasteiger partial charge in [-0.3, -0.25) is 19.5 Å². The maximum Gasteiger partial charge on any atom is 0.300 e. The van der Waals surface area contributed by atoms with E-state index in [9.17, 15) is 14.7 Å². The summed E-state index contributed by atoms with van der Waals surface area (Å²) in [6.45, 7) is 5.66. The van der Waals surface area contributed by atoms with E-state index in [2.05, 4.69) is 4.98 Å². The highest BCUT2D eigenvalue weighted by molar-refractivity contribution is 6.52. The number of nitrogens with zero attached hydrogens (tertiary/aromatic N) is 2. The average molecular weight is 463 g/mol. The lowest BCUT2D eigenvalue weighted by Gasteiger charge is -2.26. The molecule has 1 aliphatic rings. The Hall–Kier alpha value is -3.64. The molecule has 1 unspecified atom stereocenters. The fourth-order valence-corrected chi connectivity index (χ4v) is 4.03. The highest BCUT2D eigenvalue weighted by Gasteiger charge is 2.48. The molecule has 2 heterocycles. The maximum absolute atomic E-state index is 13.2. The number of aromatic nitrogens is 1. The largest absolute Gasteiger partial charge is 0.507 e. The number of carbonyl (C=O) groups excluding carboxylic acids is 2. The van der Waals surface area contributed by atoms with E-state index >= 15 is 0 Å². The number of halogens is 1. The van der Waals surface area contributed by atoms with Gasteiger partial charge in [0.1, 0.15) is 17.6 Å². The van der Waals surface area contributed by atoms with Crippen LogP contribution in [0.15, 0.2) is 72.4 Å². The van der Waals surface area contributed by atoms with Gasteiger partial charge in [-0.05, 0) is 74.9 Å².